The van der Waals surface area contributed by atoms with Gasteiger partial charge >= 0.3 is 5.97 Å². The van der Waals surface area contributed by atoms with Gasteiger partial charge in [-0.3, -0.25) is 0 Å². The molecule has 0 radical (unpaired) electrons. The molecule has 4 rings (SSSR count). The first-order valence-electron chi connectivity index (χ1n) is 9.73. The average molecular weight is 409 g/mol. The largest absolute Gasteiger partial charge is 0.507 e. The summed E-state index contributed by atoms with van der Waals surface area (Å²) < 4.78 is 0. The number of hydrogen-bond donors (Lipinski definition) is 4. The second-order valence-electron chi connectivity index (χ2n) is 7.28. The molecule has 0 saturated heterocycles. The maximum absolute atomic E-state index is 11.2. The van der Waals surface area contributed by atoms with E-state index < -0.39 is 5.97 Å². The fourth-order valence-corrected chi connectivity index (χ4v) is 4.83. The Morgan fingerprint density at radius 2 is 2.03 bits per heavy atom. The molecule has 1 aliphatic heterocycles. The Labute approximate surface area is 173 Å². The van der Waals surface area contributed by atoms with Crippen molar-refractivity contribution in [1.29, 1.82) is 0 Å². The van der Waals surface area contributed by atoms with Crippen LogP contribution in [0.5, 0.6) is 5.75 Å². The number of aromatic carboxylic acids is 1. The summed E-state index contributed by atoms with van der Waals surface area (Å²) in [6.07, 6.45) is 6.32. The van der Waals surface area contributed by atoms with Gasteiger partial charge in [0, 0.05) is 35.4 Å². The highest BCUT2D eigenvalue weighted by atomic mass is 32.2. The predicted octanol–water partition coefficient (Wildman–Crippen LogP) is 4.64. The number of nitrogens with one attached hydrogen (secondary N) is 2. The number of fused-ring (bicyclic) bond motifs is 1. The molecule has 2 heterocycles. The molecule has 1 atom stereocenters. The second-order valence-corrected chi connectivity index (χ2v) is 8.39. The minimum atomic E-state index is -1.13. The molecule has 4 N–H and O–H groups in total. The number of H-pyrrole nitrogens is 1. The number of aromatic nitrogens is 1. The second kappa shape index (κ2) is 8.76. The van der Waals surface area contributed by atoms with Crippen molar-refractivity contribution in [3.05, 3.63) is 71.4 Å². The van der Waals surface area contributed by atoms with Crippen LogP contribution in [0.25, 0.3) is 16.5 Å². The van der Waals surface area contributed by atoms with E-state index in [1.54, 1.807) is 6.07 Å². The van der Waals surface area contributed by atoms with Gasteiger partial charge in [-0.2, -0.15) is 11.8 Å². The van der Waals surface area contributed by atoms with Crippen LogP contribution in [0, 0.1) is 0 Å². The Hall–Kier alpha value is -2.70. The standard InChI is InChI=1S/C23H24N2O3S/c26-22-12-19-17(13-25-21(19)11-20(22)23(27)28)14-29-9-7-18-10-16(6-8-24-18)15-4-2-1-3-5-15/h1-6,11-13,18,24-26H,7-10,14H2,(H,27,28). The highest BCUT2D eigenvalue weighted by molar-refractivity contribution is 7.98. The lowest BCUT2D eigenvalue weighted by Crippen LogP contribution is -2.33. The SMILES string of the molecule is O=C(O)c1cc2[nH]cc(CSCCC3CC(c4ccccc4)=CCN3)c2cc1O. The van der Waals surface area contributed by atoms with Gasteiger partial charge in [0.05, 0.1) is 0 Å². The van der Waals surface area contributed by atoms with Gasteiger partial charge in [-0.1, -0.05) is 36.4 Å². The maximum Gasteiger partial charge on any atom is 0.339 e. The van der Waals surface area contributed by atoms with E-state index in [4.69, 9.17) is 5.11 Å². The van der Waals surface area contributed by atoms with Crippen LogP contribution in [0.15, 0.2) is 54.7 Å². The summed E-state index contributed by atoms with van der Waals surface area (Å²) in [7, 11) is 0. The Balaban J connectivity index is 1.31. The van der Waals surface area contributed by atoms with Crippen LogP contribution in [0.2, 0.25) is 0 Å². The summed E-state index contributed by atoms with van der Waals surface area (Å²) in [4.78, 5) is 14.3. The average Bonchev–Trinajstić information content (AvgIpc) is 3.13. The molecule has 3 aromatic rings. The number of benzene rings is 2. The fourth-order valence-electron chi connectivity index (χ4n) is 3.78. The molecule has 0 bridgehead atoms. The van der Waals surface area contributed by atoms with Crippen molar-refractivity contribution >= 4 is 34.2 Å². The Morgan fingerprint density at radius 3 is 2.83 bits per heavy atom. The van der Waals surface area contributed by atoms with Crippen LogP contribution < -0.4 is 5.32 Å². The Bertz CT molecular complexity index is 1040. The highest BCUT2D eigenvalue weighted by Gasteiger charge is 2.16. The normalized spacial score (nSPS) is 16.7. The molecule has 2 aromatic carbocycles. The smallest absolute Gasteiger partial charge is 0.339 e. The van der Waals surface area contributed by atoms with E-state index >= 15 is 0 Å². The zero-order chi connectivity index (χ0) is 20.2. The molecular formula is C23H24N2O3S. The molecule has 1 aromatic heterocycles. The minimum absolute atomic E-state index is 0.0794. The van der Waals surface area contributed by atoms with Crippen molar-refractivity contribution in [2.75, 3.05) is 12.3 Å². The lowest BCUT2D eigenvalue weighted by Gasteiger charge is -2.24. The van der Waals surface area contributed by atoms with E-state index in [2.05, 4.69) is 40.6 Å². The molecule has 0 spiro atoms. The summed E-state index contributed by atoms with van der Waals surface area (Å²) in [6.45, 7) is 0.910. The molecular weight excluding hydrogens is 384 g/mol. The Kier molecular flexibility index (Phi) is 5.92. The predicted molar refractivity (Wildman–Crippen MR) is 119 cm³/mol. The number of rotatable bonds is 7. The number of carboxylic acids is 1. The molecule has 0 amide bonds. The fraction of sp³-hybridized carbons (Fsp3) is 0.261. The first-order chi connectivity index (χ1) is 14.1. The lowest BCUT2D eigenvalue weighted by atomic mass is 9.94. The van der Waals surface area contributed by atoms with Crippen molar-refractivity contribution in [2.24, 2.45) is 0 Å². The van der Waals surface area contributed by atoms with Crippen molar-refractivity contribution in [2.45, 2.75) is 24.6 Å². The zero-order valence-electron chi connectivity index (χ0n) is 16.0. The number of hydrogen-bond acceptors (Lipinski definition) is 4. The quantitative estimate of drug-likeness (QED) is 0.428. The van der Waals surface area contributed by atoms with E-state index in [9.17, 15) is 9.90 Å². The highest BCUT2D eigenvalue weighted by Crippen LogP contribution is 2.30. The molecule has 1 unspecified atom stereocenters. The summed E-state index contributed by atoms with van der Waals surface area (Å²) >= 11 is 1.86. The number of carboxylic acid groups (broad SMARTS) is 1. The number of aromatic hydroxyl groups is 1. The summed E-state index contributed by atoms with van der Waals surface area (Å²) in [5, 5.41) is 23.6. The van der Waals surface area contributed by atoms with Crippen molar-refractivity contribution < 1.29 is 15.0 Å². The molecule has 1 aliphatic rings. The molecule has 0 fully saturated rings. The molecule has 150 valence electrons. The van der Waals surface area contributed by atoms with Crippen molar-refractivity contribution in [3.8, 4) is 5.75 Å². The zero-order valence-corrected chi connectivity index (χ0v) is 16.8. The topological polar surface area (TPSA) is 85.3 Å². The molecule has 6 heteroatoms. The van der Waals surface area contributed by atoms with Gasteiger partial charge in [-0.15, -0.1) is 0 Å². The van der Waals surface area contributed by atoms with Crippen LogP contribution in [0.4, 0.5) is 0 Å². The number of thioether (sulfide) groups is 1. The van der Waals surface area contributed by atoms with Gasteiger partial charge in [-0.05, 0) is 47.4 Å². The molecule has 0 saturated carbocycles. The minimum Gasteiger partial charge on any atom is -0.507 e. The monoisotopic (exact) mass is 408 g/mol. The van der Waals surface area contributed by atoms with E-state index in [-0.39, 0.29) is 11.3 Å². The number of phenols is 1. The van der Waals surface area contributed by atoms with Crippen LogP contribution in [-0.4, -0.2) is 39.5 Å². The van der Waals surface area contributed by atoms with Crippen LogP contribution in [0.3, 0.4) is 0 Å². The van der Waals surface area contributed by atoms with Crippen LogP contribution in [-0.2, 0) is 5.75 Å². The van der Waals surface area contributed by atoms with Gasteiger partial charge in [0.15, 0.2) is 0 Å². The van der Waals surface area contributed by atoms with Gasteiger partial charge in [0.25, 0.3) is 0 Å². The third kappa shape index (κ3) is 4.49. The van der Waals surface area contributed by atoms with Gasteiger partial charge in [0.2, 0.25) is 0 Å². The molecule has 0 aliphatic carbocycles. The lowest BCUT2D eigenvalue weighted by molar-refractivity contribution is 0.0694. The summed E-state index contributed by atoms with van der Waals surface area (Å²) in [6, 6.07) is 14.1. The first-order valence-corrected chi connectivity index (χ1v) is 10.9. The third-order valence-corrected chi connectivity index (χ3v) is 6.39. The van der Waals surface area contributed by atoms with E-state index in [0.29, 0.717) is 6.04 Å². The number of aromatic amines is 1. The third-order valence-electron chi connectivity index (χ3n) is 5.35. The first kappa shape index (κ1) is 19.6. The van der Waals surface area contributed by atoms with Crippen molar-refractivity contribution in [1.82, 2.24) is 10.3 Å². The van der Waals surface area contributed by atoms with E-state index in [1.165, 1.54) is 17.2 Å². The van der Waals surface area contributed by atoms with Crippen LogP contribution in [0.1, 0.15) is 34.3 Å². The molecule has 5 nitrogen and oxygen atoms in total. The van der Waals surface area contributed by atoms with Crippen LogP contribution >= 0.6 is 11.8 Å². The molecule has 29 heavy (non-hydrogen) atoms. The number of carbonyl (C=O) groups is 1. The van der Waals surface area contributed by atoms with Gasteiger partial charge in [-0.25, -0.2) is 4.79 Å². The summed E-state index contributed by atoms with van der Waals surface area (Å²) in [5.41, 5.74) is 4.47. The van der Waals surface area contributed by atoms with E-state index in [0.717, 1.165) is 47.4 Å². The maximum atomic E-state index is 11.2. The van der Waals surface area contributed by atoms with E-state index in [1.807, 2.05) is 24.0 Å². The summed E-state index contributed by atoms with van der Waals surface area (Å²) in [5.74, 6) is 0.535. The van der Waals surface area contributed by atoms with Gasteiger partial charge in [0.1, 0.15) is 11.3 Å². The Morgan fingerprint density at radius 1 is 1.21 bits per heavy atom. The van der Waals surface area contributed by atoms with Gasteiger partial charge < -0.3 is 20.5 Å². The van der Waals surface area contributed by atoms with Crippen molar-refractivity contribution in [3.63, 3.8) is 0 Å².